The Hall–Kier alpha value is -1.24. The summed E-state index contributed by atoms with van der Waals surface area (Å²) in [6.07, 6.45) is 1.86. The molecule has 2 heterocycles. The predicted molar refractivity (Wildman–Crippen MR) is 80.8 cm³/mol. The summed E-state index contributed by atoms with van der Waals surface area (Å²) in [6, 6.07) is 0. The molecule has 0 aromatic carbocycles. The van der Waals surface area contributed by atoms with Crippen LogP contribution >= 0.6 is 11.3 Å². The zero-order valence-corrected chi connectivity index (χ0v) is 13.4. The number of aryl methyl sites for hydroxylation is 2. The average Bonchev–Trinajstić information content (AvgIpc) is 3.00. The molecule has 0 amide bonds. The third-order valence-electron chi connectivity index (χ3n) is 3.49. The van der Waals surface area contributed by atoms with E-state index >= 15 is 0 Å². The Labute approximate surface area is 124 Å². The Morgan fingerprint density at radius 1 is 1.35 bits per heavy atom. The number of nitrogens with zero attached hydrogens (tertiary/aromatic N) is 4. The van der Waals surface area contributed by atoms with E-state index in [-0.39, 0.29) is 0 Å². The molecule has 0 saturated heterocycles. The molecule has 0 atom stereocenters. The predicted octanol–water partition coefficient (Wildman–Crippen LogP) is 2.14. The smallest absolute Gasteiger partial charge is 0.107 e. The zero-order chi connectivity index (χ0) is 14.5. The summed E-state index contributed by atoms with van der Waals surface area (Å²) in [6.45, 7) is 7.55. The number of ether oxygens (including phenoxy) is 1. The van der Waals surface area contributed by atoms with Gasteiger partial charge in [-0.2, -0.15) is 5.10 Å². The minimum Gasteiger partial charge on any atom is -0.383 e. The van der Waals surface area contributed by atoms with Crippen LogP contribution in [0.5, 0.6) is 0 Å². The van der Waals surface area contributed by atoms with Crippen molar-refractivity contribution in [1.82, 2.24) is 19.7 Å². The van der Waals surface area contributed by atoms with Crippen LogP contribution in [0.15, 0.2) is 11.6 Å². The first-order chi connectivity index (χ1) is 9.61. The molecule has 0 saturated carbocycles. The second-order valence-electron chi connectivity index (χ2n) is 4.90. The Balaban J connectivity index is 2.10. The average molecular weight is 294 g/mol. The van der Waals surface area contributed by atoms with Crippen LogP contribution in [-0.2, 0) is 24.9 Å². The van der Waals surface area contributed by atoms with Crippen LogP contribution < -0.4 is 0 Å². The molecule has 0 fully saturated rings. The van der Waals surface area contributed by atoms with Crippen molar-refractivity contribution in [1.29, 1.82) is 0 Å². The van der Waals surface area contributed by atoms with E-state index in [1.807, 2.05) is 23.3 Å². The molecule has 0 unspecified atom stereocenters. The fourth-order valence-electron chi connectivity index (χ4n) is 2.23. The first-order valence-corrected chi connectivity index (χ1v) is 7.58. The summed E-state index contributed by atoms with van der Waals surface area (Å²) < 4.78 is 7.16. The summed E-state index contributed by atoms with van der Waals surface area (Å²) in [7, 11) is 3.73. The van der Waals surface area contributed by atoms with E-state index in [0.717, 1.165) is 36.9 Å². The fraction of sp³-hybridized carbons (Fsp3) is 0.571. The van der Waals surface area contributed by atoms with Crippen molar-refractivity contribution in [2.75, 3.05) is 20.3 Å². The molecule has 0 aliphatic rings. The zero-order valence-electron chi connectivity index (χ0n) is 12.6. The Kier molecular flexibility index (Phi) is 5.28. The monoisotopic (exact) mass is 294 g/mol. The largest absolute Gasteiger partial charge is 0.383 e. The van der Waals surface area contributed by atoms with Gasteiger partial charge in [0.15, 0.2) is 0 Å². The van der Waals surface area contributed by atoms with Crippen molar-refractivity contribution in [3.05, 3.63) is 33.5 Å². The number of methoxy groups -OCH3 is 1. The van der Waals surface area contributed by atoms with E-state index in [1.54, 1.807) is 18.4 Å². The van der Waals surface area contributed by atoms with Gasteiger partial charge in [0.05, 0.1) is 18.8 Å². The third-order valence-corrected chi connectivity index (χ3v) is 4.26. The Morgan fingerprint density at radius 2 is 2.15 bits per heavy atom. The number of rotatable bonds is 7. The molecule has 0 aliphatic heterocycles. The van der Waals surface area contributed by atoms with Gasteiger partial charge in [0, 0.05) is 50.1 Å². The van der Waals surface area contributed by atoms with Crippen molar-refractivity contribution in [2.24, 2.45) is 7.05 Å². The van der Waals surface area contributed by atoms with E-state index in [1.165, 1.54) is 11.3 Å². The van der Waals surface area contributed by atoms with Gasteiger partial charge in [0.1, 0.15) is 5.01 Å². The van der Waals surface area contributed by atoms with Crippen LogP contribution in [0.3, 0.4) is 0 Å². The van der Waals surface area contributed by atoms with E-state index in [0.29, 0.717) is 0 Å². The highest BCUT2D eigenvalue weighted by Crippen LogP contribution is 2.17. The molecule has 20 heavy (non-hydrogen) atoms. The van der Waals surface area contributed by atoms with Gasteiger partial charge in [-0.25, -0.2) is 4.98 Å². The summed E-state index contributed by atoms with van der Waals surface area (Å²) in [5.74, 6) is 0. The summed E-state index contributed by atoms with van der Waals surface area (Å²) in [5.41, 5.74) is 3.63. The van der Waals surface area contributed by atoms with Gasteiger partial charge in [0.25, 0.3) is 0 Å². The topological polar surface area (TPSA) is 43.2 Å². The molecular weight excluding hydrogens is 272 g/mol. The van der Waals surface area contributed by atoms with Crippen LogP contribution in [0, 0.1) is 13.8 Å². The fourth-order valence-corrected chi connectivity index (χ4v) is 2.88. The Bertz CT molecular complexity index is 536. The number of thiazole rings is 1. The standard InChI is InChI=1S/C14H22N4OS/c1-11-13(12(2)17(3)16-11)9-18(6-7-19-4)10-14-15-5-8-20-14/h5,8H,6-7,9-10H2,1-4H3. The van der Waals surface area contributed by atoms with E-state index < -0.39 is 0 Å². The first-order valence-electron chi connectivity index (χ1n) is 6.70. The van der Waals surface area contributed by atoms with Gasteiger partial charge in [-0.05, 0) is 13.8 Å². The lowest BCUT2D eigenvalue weighted by Gasteiger charge is -2.21. The molecule has 0 bridgehead atoms. The number of hydrogen-bond donors (Lipinski definition) is 0. The number of aromatic nitrogens is 3. The van der Waals surface area contributed by atoms with Gasteiger partial charge >= 0.3 is 0 Å². The van der Waals surface area contributed by atoms with Gasteiger partial charge in [-0.1, -0.05) is 0 Å². The lowest BCUT2D eigenvalue weighted by atomic mass is 10.2. The highest BCUT2D eigenvalue weighted by molar-refractivity contribution is 7.09. The second kappa shape index (κ2) is 6.97. The molecule has 0 spiro atoms. The van der Waals surface area contributed by atoms with Crippen molar-refractivity contribution in [3.63, 3.8) is 0 Å². The van der Waals surface area contributed by atoms with Crippen LogP contribution in [0.1, 0.15) is 22.0 Å². The van der Waals surface area contributed by atoms with E-state index in [4.69, 9.17) is 4.74 Å². The van der Waals surface area contributed by atoms with Crippen molar-refractivity contribution >= 4 is 11.3 Å². The second-order valence-corrected chi connectivity index (χ2v) is 5.88. The van der Waals surface area contributed by atoms with Crippen LogP contribution in [-0.4, -0.2) is 39.9 Å². The lowest BCUT2D eigenvalue weighted by molar-refractivity contribution is 0.140. The molecule has 0 N–H and O–H groups in total. The number of hydrogen-bond acceptors (Lipinski definition) is 5. The minimum absolute atomic E-state index is 0.726. The molecular formula is C14H22N4OS. The quantitative estimate of drug-likeness (QED) is 0.785. The maximum Gasteiger partial charge on any atom is 0.107 e. The minimum atomic E-state index is 0.726. The lowest BCUT2D eigenvalue weighted by Crippen LogP contribution is -2.27. The maximum absolute atomic E-state index is 5.22. The van der Waals surface area contributed by atoms with E-state index in [9.17, 15) is 0 Å². The summed E-state index contributed by atoms with van der Waals surface area (Å²) >= 11 is 1.69. The molecule has 110 valence electrons. The molecule has 2 aromatic heterocycles. The van der Waals surface area contributed by atoms with Crippen molar-refractivity contribution < 1.29 is 4.74 Å². The van der Waals surface area contributed by atoms with Crippen LogP contribution in [0.4, 0.5) is 0 Å². The SMILES string of the molecule is COCCN(Cc1nccs1)Cc1c(C)nn(C)c1C. The van der Waals surface area contributed by atoms with Gasteiger partial charge < -0.3 is 4.74 Å². The molecule has 5 nitrogen and oxygen atoms in total. The van der Waals surface area contributed by atoms with Gasteiger partial charge in [-0.15, -0.1) is 11.3 Å². The third kappa shape index (κ3) is 3.65. The van der Waals surface area contributed by atoms with E-state index in [2.05, 4.69) is 28.8 Å². The van der Waals surface area contributed by atoms with Crippen LogP contribution in [0.25, 0.3) is 0 Å². The maximum atomic E-state index is 5.22. The molecule has 0 radical (unpaired) electrons. The van der Waals surface area contributed by atoms with Crippen molar-refractivity contribution in [2.45, 2.75) is 26.9 Å². The highest BCUT2D eigenvalue weighted by atomic mass is 32.1. The molecule has 0 aliphatic carbocycles. The first kappa shape index (κ1) is 15.2. The summed E-state index contributed by atoms with van der Waals surface area (Å²) in [5, 5.41) is 7.64. The normalized spacial score (nSPS) is 11.4. The molecule has 2 rings (SSSR count). The molecule has 2 aromatic rings. The van der Waals surface area contributed by atoms with Crippen LogP contribution in [0.2, 0.25) is 0 Å². The van der Waals surface area contributed by atoms with Gasteiger partial charge in [-0.3, -0.25) is 9.58 Å². The molecule has 6 heteroatoms. The summed E-state index contributed by atoms with van der Waals surface area (Å²) in [4.78, 5) is 6.73. The van der Waals surface area contributed by atoms with Crippen molar-refractivity contribution in [3.8, 4) is 0 Å². The Morgan fingerprint density at radius 3 is 2.70 bits per heavy atom. The highest BCUT2D eigenvalue weighted by Gasteiger charge is 2.15. The van der Waals surface area contributed by atoms with Gasteiger partial charge in [0.2, 0.25) is 0 Å².